The molecule has 9 heteroatoms. The standard InChI is InChI=1S/C20H28N6O2S/c1-20(2)7-12-26(13-8-20)29(27,28)24-17-6-11-25(15-17)19-22-10-5-18(23-19)16-4-3-9-21-14-16/h3-5,9-10,14,17,24H,6-8,11-13,15H2,1-2H3. The molecule has 2 aliphatic heterocycles. The lowest BCUT2D eigenvalue weighted by Crippen LogP contribution is -2.50. The van der Waals surface area contributed by atoms with Gasteiger partial charge in [-0.3, -0.25) is 4.98 Å². The van der Waals surface area contributed by atoms with Crippen LogP contribution >= 0.6 is 0 Å². The molecule has 156 valence electrons. The van der Waals surface area contributed by atoms with E-state index in [-0.39, 0.29) is 11.5 Å². The van der Waals surface area contributed by atoms with Crippen molar-refractivity contribution in [3.8, 4) is 11.3 Å². The van der Waals surface area contributed by atoms with E-state index in [1.165, 1.54) is 0 Å². The highest BCUT2D eigenvalue weighted by molar-refractivity contribution is 7.87. The van der Waals surface area contributed by atoms with Crippen molar-refractivity contribution in [3.05, 3.63) is 36.8 Å². The van der Waals surface area contributed by atoms with Crippen molar-refractivity contribution in [2.45, 2.75) is 39.2 Å². The summed E-state index contributed by atoms with van der Waals surface area (Å²) in [5, 5.41) is 0. The van der Waals surface area contributed by atoms with Crippen molar-refractivity contribution in [1.82, 2.24) is 24.0 Å². The third-order valence-electron chi connectivity index (χ3n) is 5.80. The number of piperidine rings is 1. The second-order valence-corrected chi connectivity index (χ2v) is 10.3. The quantitative estimate of drug-likeness (QED) is 0.802. The van der Waals surface area contributed by atoms with Gasteiger partial charge in [0.05, 0.1) is 5.69 Å². The van der Waals surface area contributed by atoms with Gasteiger partial charge >= 0.3 is 0 Å². The highest BCUT2D eigenvalue weighted by Crippen LogP contribution is 2.31. The summed E-state index contributed by atoms with van der Waals surface area (Å²) in [4.78, 5) is 15.2. The second-order valence-electron chi connectivity index (χ2n) is 8.60. The average Bonchev–Trinajstić information content (AvgIpc) is 3.16. The summed E-state index contributed by atoms with van der Waals surface area (Å²) in [6.45, 7) is 6.83. The van der Waals surface area contributed by atoms with E-state index < -0.39 is 10.2 Å². The van der Waals surface area contributed by atoms with E-state index >= 15 is 0 Å². The number of pyridine rings is 1. The summed E-state index contributed by atoms with van der Waals surface area (Å²) >= 11 is 0. The molecule has 0 amide bonds. The molecule has 29 heavy (non-hydrogen) atoms. The molecule has 1 unspecified atom stereocenters. The van der Waals surface area contributed by atoms with E-state index in [0.717, 1.165) is 37.1 Å². The first kappa shape index (κ1) is 20.2. The lowest BCUT2D eigenvalue weighted by Gasteiger charge is -2.36. The number of rotatable bonds is 5. The highest BCUT2D eigenvalue weighted by Gasteiger charge is 2.35. The monoisotopic (exact) mass is 416 g/mol. The summed E-state index contributed by atoms with van der Waals surface area (Å²) in [6, 6.07) is 5.55. The average molecular weight is 417 g/mol. The van der Waals surface area contributed by atoms with Crippen molar-refractivity contribution in [1.29, 1.82) is 0 Å². The number of hydrogen-bond donors (Lipinski definition) is 1. The summed E-state index contributed by atoms with van der Waals surface area (Å²) in [5.41, 5.74) is 1.95. The molecule has 8 nitrogen and oxygen atoms in total. The summed E-state index contributed by atoms with van der Waals surface area (Å²) in [7, 11) is -3.47. The molecular formula is C20H28N6O2S. The van der Waals surface area contributed by atoms with Gasteiger partial charge in [-0.25, -0.2) is 9.97 Å². The number of nitrogens with one attached hydrogen (secondary N) is 1. The largest absolute Gasteiger partial charge is 0.339 e. The molecule has 4 heterocycles. The lowest BCUT2D eigenvalue weighted by molar-refractivity contribution is 0.194. The maximum absolute atomic E-state index is 12.8. The van der Waals surface area contributed by atoms with Gasteiger partial charge in [0.25, 0.3) is 10.2 Å². The van der Waals surface area contributed by atoms with Gasteiger partial charge in [-0.05, 0) is 42.9 Å². The molecule has 0 aromatic carbocycles. The van der Waals surface area contributed by atoms with Crippen LogP contribution in [0.2, 0.25) is 0 Å². The third kappa shape index (κ3) is 4.73. The van der Waals surface area contributed by atoms with Crippen molar-refractivity contribution in [3.63, 3.8) is 0 Å². The maximum Gasteiger partial charge on any atom is 0.279 e. The minimum atomic E-state index is -3.47. The zero-order chi connectivity index (χ0) is 20.5. The fourth-order valence-corrected chi connectivity index (χ4v) is 5.26. The van der Waals surface area contributed by atoms with E-state index in [2.05, 4.69) is 33.5 Å². The van der Waals surface area contributed by atoms with Gasteiger partial charge in [0.15, 0.2) is 0 Å². The van der Waals surface area contributed by atoms with Crippen LogP contribution < -0.4 is 9.62 Å². The molecule has 0 aliphatic carbocycles. The minimum Gasteiger partial charge on any atom is -0.339 e. The lowest BCUT2D eigenvalue weighted by atomic mass is 9.83. The Kier molecular flexibility index (Phi) is 5.54. The SMILES string of the molecule is CC1(C)CCN(S(=O)(=O)NC2CCN(c3nccc(-c4cccnc4)n3)C2)CC1. The Morgan fingerprint density at radius 3 is 2.66 bits per heavy atom. The van der Waals surface area contributed by atoms with Crippen LogP contribution in [0.5, 0.6) is 0 Å². The van der Waals surface area contributed by atoms with Crippen LogP contribution in [0.3, 0.4) is 0 Å². The molecule has 4 rings (SSSR count). The van der Waals surface area contributed by atoms with Gasteiger partial charge in [0.1, 0.15) is 0 Å². The van der Waals surface area contributed by atoms with E-state index in [0.29, 0.717) is 25.6 Å². The summed E-state index contributed by atoms with van der Waals surface area (Å²) < 4.78 is 30.1. The van der Waals surface area contributed by atoms with Crippen molar-refractivity contribution in [2.24, 2.45) is 5.41 Å². The first-order valence-electron chi connectivity index (χ1n) is 10.1. The number of anilines is 1. The highest BCUT2D eigenvalue weighted by atomic mass is 32.2. The van der Waals surface area contributed by atoms with E-state index in [1.54, 1.807) is 22.9 Å². The predicted molar refractivity (Wildman–Crippen MR) is 113 cm³/mol. The molecule has 2 aliphatic rings. The van der Waals surface area contributed by atoms with Crippen LogP contribution in [0.15, 0.2) is 36.8 Å². The summed E-state index contributed by atoms with van der Waals surface area (Å²) in [6.07, 6.45) is 7.75. The summed E-state index contributed by atoms with van der Waals surface area (Å²) in [5.74, 6) is 0.618. The first-order chi connectivity index (χ1) is 13.8. The first-order valence-corrected chi connectivity index (χ1v) is 11.5. The van der Waals surface area contributed by atoms with Gasteiger partial charge in [-0.15, -0.1) is 0 Å². The molecule has 2 aromatic rings. The zero-order valence-corrected chi connectivity index (χ0v) is 17.8. The smallest absolute Gasteiger partial charge is 0.279 e. The van der Waals surface area contributed by atoms with Gasteiger partial charge < -0.3 is 4.90 Å². The van der Waals surface area contributed by atoms with Crippen LogP contribution in [0.4, 0.5) is 5.95 Å². The molecule has 0 radical (unpaired) electrons. The van der Waals surface area contributed by atoms with Gasteiger partial charge in [-0.1, -0.05) is 13.8 Å². The Morgan fingerprint density at radius 2 is 1.93 bits per heavy atom. The number of aromatic nitrogens is 3. The van der Waals surface area contributed by atoms with Gasteiger partial charge in [0.2, 0.25) is 5.95 Å². The molecule has 1 atom stereocenters. The maximum atomic E-state index is 12.8. The third-order valence-corrected chi connectivity index (χ3v) is 7.48. The van der Waals surface area contributed by atoms with Crippen LogP contribution in [0, 0.1) is 5.41 Å². The van der Waals surface area contributed by atoms with Crippen LogP contribution in [0.1, 0.15) is 33.1 Å². The topological polar surface area (TPSA) is 91.3 Å². The fourth-order valence-electron chi connectivity index (χ4n) is 3.83. The van der Waals surface area contributed by atoms with Gasteiger partial charge in [-0.2, -0.15) is 17.4 Å². The van der Waals surface area contributed by atoms with E-state index in [9.17, 15) is 8.42 Å². The van der Waals surface area contributed by atoms with Crippen molar-refractivity contribution in [2.75, 3.05) is 31.1 Å². The molecule has 2 aromatic heterocycles. The molecule has 0 spiro atoms. The van der Waals surface area contributed by atoms with E-state index in [1.807, 2.05) is 23.1 Å². The Morgan fingerprint density at radius 1 is 1.14 bits per heavy atom. The number of nitrogens with zero attached hydrogens (tertiary/aromatic N) is 5. The van der Waals surface area contributed by atoms with Crippen LogP contribution in [-0.4, -0.2) is 59.9 Å². The zero-order valence-electron chi connectivity index (χ0n) is 17.0. The van der Waals surface area contributed by atoms with Crippen molar-refractivity contribution >= 4 is 16.2 Å². The van der Waals surface area contributed by atoms with Crippen molar-refractivity contribution < 1.29 is 8.42 Å². The Labute approximate surface area is 172 Å². The Balaban J connectivity index is 1.40. The van der Waals surface area contributed by atoms with Gasteiger partial charge in [0, 0.05) is 56.4 Å². The molecule has 2 saturated heterocycles. The Bertz CT molecular complexity index is 940. The molecule has 1 N–H and O–H groups in total. The van der Waals surface area contributed by atoms with Crippen LogP contribution in [0.25, 0.3) is 11.3 Å². The Hall–Kier alpha value is -2.10. The number of hydrogen-bond acceptors (Lipinski definition) is 6. The fraction of sp³-hybridized carbons (Fsp3) is 0.550. The normalized spacial score (nSPS) is 22.7. The second kappa shape index (κ2) is 7.97. The molecular weight excluding hydrogens is 388 g/mol. The minimum absolute atomic E-state index is 0.138. The van der Waals surface area contributed by atoms with Crippen LogP contribution in [-0.2, 0) is 10.2 Å². The molecule has 0 bridgehead atoms. The molecule has 0 saturated carbocycles. The van der Waals surface area contributed by atoms with E-state index in [4.69, 9.17) is 0 Å². The molecule has 2 fully saturated rings. The predicted octanol–water partition coefficient (Wildman–Crippen LogP) is 2.07.